The molecule has 4 rings (SSSR count). The van der Waals surface area contributed by atoms with Gasteiger partial charge in [0.25, 0.3) is 5.91 Å². The molecule has 7 heteroatoms. The Labute approximate surface area is 159 Å². The molecule has 1 amide bonds. The lowest BCUT2D eigenvalue weighted by atomic mass is 10.0. The maximum absolute atomic E-state index is 12.7. The second-order valence-corrected chi connectivity index (χ2v) is 7.63. The van der Waals surface area contributed by atoms with Crippen LogP contribution in [0.2, 0.25) is 0 Å². The van der Waals surface area contributed by atoms with Gasteiger partial charge in [-0.1, -0.05) is 5.16 Å². The Bertz CT molecular complexity index is 800. The zero-order valence-corrected chi connectivity index (χ0v) is 15.7. The molecule has 2 aromatic rings. The van der Waals surface area contributed by atoms with Gasteiger partial charge in [0.2, 0.25) is 0 Å². The van der Waals surface area contributed by atoms with Crippen molar-refractivity contribution in [3.05, 3.63) is 41.4 Å². The average molecular weight is 370 g/mol. The first kappa shape index (κ1) is 18.0. The van der Waals surface area contributed by atoms with Crippen LogP contribution in [0.5, 0.6) is 0 Å². The normalized spacial score (nSPS) is 23.0. The molecule has 27 heavy (non-hydrogen) atoms. The van der Waals surface area contributed by atoms with Gasteiger partial charge in [-0.05, 0) is 38.3 Å². The van der Waals surface area contributed by atoms with Crippen molar-refractivity contribution in [1.29, 1.82) is 0 Å². The number of hydrogen-bond acceptors (Lipinski definition) is 6. The zero-order valence-electron chi connectivity index (χ0n) is 15.7. The number of hydrogen-bond donors (Lipinski definition) is 1. The van der Waals surface area contributed by atoms with Crippen molar-refractivity contribution < 1.29 is 14.4 Å². The molecule has 2 saturated heterocycles. The topological polar surface area (TPSA) is 82.7 Å². The maximum atomic E-state index is 12.7. The van der Waals surface area contributed by atoms with Crippen LogP contribution >= 0.6 is 0 Å². The van der Waals surface area contributed by atoms with E-state index in [-0.39, 0.29) is 11.8 Å². The smallest absolute Gasteiger partial charge is 0.254 e. The molecular weight excluding hydrogens is 344 g/mol. The summed E-state index contributed by atoms with van der Waals surface area (Å²) < 4.78 is 5.29. The van der Waals surface area contributed by atoms with Crippen LogP contribution in [0.25, 0.3) is 0 Å². The predicted octanol–water partition coefficient (Wildman–Crippen LogP) is 2.04. The Balaban J connectivity index is 1.45. The number of carbonyl (C=O) groups is 1. The van der Waals surface area contributed by atoms with Crippen LogP contribution in [0.3, 0.4) is 0 Å². The average Bonchev–Trinajstić information content (AvgIpc) is 3.28. The van der Waals surface area contributed by atoms with Crippen molar-refractivity contribution in [3.8, 4) is 0 Å². The van der Waals surface area contributed by atoms with Gasteiger partial charge in [0.15, 0.2) is 0 Å². The molecule has 7 nitrogen and oxygen atoms in total. The van der Waals surface area contributed by atoms with E-state index in [0.29, 0.717) is 25.1 Å². The maximum Gasteiger partial charge on any atom is 0.254 e. The van der Waals surface area contributed by atoms with Crippen molar-refractivity contribution in [3.63, 3.8) is 0 Å². The third-order valence-electron chi connectivity index (χ3n) is 5.51. The molecule has 0 radical (unpaired) electrons. The molecule has 144 valence electrons. The Morgan fingerprint density at radius 1 is 1.26 bits per heavy atom. The summed E-state index contributed by atoms with van der Waals surface area (Å²) in [6, 6.07) is 5.54. The first-order valence-electron chi connectivity index (χ1n) is 9.70. The molecule has 2 atom stereocenters. The summed E-state index contributed by atoms with van der Waals surface area (Å²) in [5.74, 6) is 1.67. The summed E-state index contributed by atoms with van der Waals surface area (Å²) >= 11 is 0. The molecule has 4 heterocycles. The Kier molecular flexibility index (Phi) is 5.11. The third kappa shape index (κ3) is 3.98. The SMILES string of the molecule is Cc1cc(C[C@@H]2CN(c3cc(C(=O)N4CCCCC4)ccn3)C[C@@H]2O)on1. The number of aryl methyl sites for hydroxylation is 1. The molecule has 0 saturated carbocycles. The monoisotopic (exact) mass is 370 g/mol. The lowest BCUT2D eigenvalue weighted by Crippen LogP contribution is -2.35. The molecule has 2 aliphatic rings. The van der Waals surface area contributed by atoms with E-state index in [1.54, 1.807) is 12.3 Å². The highest BCUT2D eigenvalue weighted by Gasteiger charge is 2.33. The fourth-order valence-corrected chi connectivity index (χ4v) is 4.02. The van der Waals surface area contributed by atoms with Crippen molar-refractivity contribution in [2.45, 2.75) is 38.7 Å². The number of β-amino-alcohol motifs (C(OH)–C–C–N with tert-alkyl or cyclic N) is 1. The number of nitrogens with zero attached hydrogens (tertiary/aromatic N) is 4. The molecule has 2 aromatic heterocycles. The molecule has 0 aromatic carbocycles. The van der Waals surface area contributed by atoms with Gasteiger partial charge in [0, 0.05) is 56.3 Å². The van der Waals surface area contributed by atoms with Gasteiger partial charge in [-0.2, -0.15) is 0 Å². The van der Waals surface area contributed by atoms with E-state index in [1.807, 2.05) is 28.9 Å². The minimum Gasteiger partial charge on any atom is -0.391 e. The standard InChI is InChI=1S/C20H26N4O3/c1-14-9-17(27-22-14)10-16-12-24(13-18(16)25)19-11-15(5-6-21-19)20(26)23-7-3-2-4-8-23/h5-6,9,11,16,18,25H,2-4,7-8,10,12-13H2,1H3/t16-,18+/m1/s1. The molecule has 0 spiro atoms. The third-order valence-corrected chi connectivity index (χ3v) is 5.51. The first-order chi connectivity index (χ1) is 13.1. The molecular formula is C20H26N4O3. The highest BCUT2D eigenvalue weighted by Crippen LogP contribution is 2.26. The van der Waals surface area contributed by atoms with E-state index in [1.165, 1.54) is 6.42 Å². The summed E-state index contributed by atoms with van der Waals surface area (Å²) in [5, 5.41) is 14.4. The second kappa shape index (κ2) is 7.68. The van der Waals surface area contributed by atoms with E-state index >= 15 is 0 Å². The highest BCUT2D eigenvalue weighted by atomic mass is 16.5. The summed E-state index contributed by atoms with van der Waals surface area (Å²) in [5.41, 5.74) is 1.52. The van der Waals surface area contributed by atoms with Crippen LogP contribution in [0, 0.1) is 12.8 Å². The van der Waals surface area contributed by atoms with Crippen LogP contribution in [0.1, 0.15) is 41.1 Å². The fourth-order valence-electron chi connectivity index (χ4n) is 4.02. The number of likely N-dealkylation sites (tertiary alicyclic amines) is 1. The molecule has 0 bridgehead atoms. The zero-order chi connectivity index (χ0) is 18.8. The van der Waals surface area contributed by atoms with Gasteiger partial charge in [-0.3, -0.25) is 4.79 Å². The molecule has 0 unspecified atom stereocenters. The lowest BCUT2D eigenvalue weighted by molar-refractivity contribution is 0.0724. The van der Waals surface area contributed by atoms with E-state index in [4.69, 9.17) is 4.52 Å². The Morgan fingerprint density at radius 2 is 2.07 bits per heavy atom. The Morgan fingerprint density at radius 3 is 2.81 bits per heavy atom. The summed E-state index contributed by atoms with van der Waals surface area (Å²) in [6.45, 7) is 4.73. The lowest BCUT2D eigenvalue weighted by Gasteiger charge is -2.27. The minimum atomic E-state index is -0.460. The first-order valence-corrected chi connectivity index (χ1v) is 9.70. The number of aliphatic hydroxyl groups excluding tert-OH is 1. The van der Waals surface area contributed by atoms with Gasteiger partial charge >= 0.3 is 0 Å². The number of anilines is 1. The van der Waals surface area contributed by atoms with Gasteiger partial charge in [0.05, 0.1) is 11.8 Å². The van der Waals surface area contributed by atoms with Gasteiger partial charge in [-0.25, -0.2) is 4.98 Å². The van der Waals surface area contributed by atoms with E-state index in [0.717, 1.165) is 43.2 Å². The number of pyridine rings is 1. The minimum absolute atomic E-state index is 0.0561. The van der Waals surface area contributed by atoms with Gasteiger partial charge in [0.1, 0.15) is 11.6 Å². The van der Waals surface area contributed by atoms with Gasteiger partial charge in [-0.15, -0.1) is 0 Å². The van der Waals surface area contributed by atoms with E-state index < -0.39 is 6.10 Å². The number of aliphatic hydroxyl groups is 1. The Hall–Kier alpha value is -2.41. The fraction of sp³-hybridized carbons (Fsp3) is 0.550. The molecule has 1 N–H and O–H groups in total. The van der Waals surface area contributed by atoms with Crippen LogP contribution in [-0.2, 0) is 6.42 Å². The highest BCUT2D eigenvalue weighted by molar-refractivity contribution is 5.94. The molecule has 2 aliphatic heterocycles. The van der Waals surface area contributed by atoms with Gasteiger partial charge < -0.3 is 19.4 Å². The van der Waals surface area contributed by atoms with E-state index in [9.17, 15) is 9.90 Å². The van der Waals surface area contributed by atoms with Crippen molar-refractivity contribution in [2.24, 2.45) is 5.92 Å². The molecule has 2 fully saturated rings. The van der Waals surface area contributed by atoms with Crippen molar-refractivity contribution in [1.82, 2.24) is 15.0 Å². The van der Waals surface area contributed by atoms with E-state index in [2.05, 4.69) is 10.1 Å². The largest absolute Gasteiger partial charge is 0.391 e. The number of carbonyl (C=O) groups excluding carboxylic acids is 1. The predicted molar refractivity (Wildman–Crippen MR) is 101 cm³/mol. The summed E-state index contributed by atoms with van der Waals surface area (Å²) in [7, 11) is 0. The number of piperidine rings is 1. The summed E-state index contributed by atoms with van der Waals surface area (Å²) in [6.07, 6.45) is 5.22. The van der Waals surface area contributed by atoms with Crippen LogP contribution < -0.4 is 4.90 Å². The van der Waals surface area contributed by atoms with Crippen LogP contribution in [-0.4, -0.2) is 58.3 Å². The second-order valence-electron chi connectivity index (χ2n) is 7.63. The van der Waals surface area contributed by atoms with Crippen LogP contribution in [0.15, 0.2) is 28.9 Å². The quantitative estimate of drug-likeness (QED) is 0.887. The van der Waals surface area contributed by atoms with Crippen molar-refractivity contribution >= 4 is 11.7 Å². The summed E-state index contributed by atoms with van der Waals surface area (Å²) in [4.78, 5) is 21.2. The number of aromatic nitrogens is 2. The van der Waals surface area contributed by atoms with Crippen molar-refractivity contribution in [2.75, 3.05) is 31.1 Å². The number of rotatable bonds is 4. The van der Waals surface area contributed by atoms with Crippen LogP contribution in [0.4, 0.5) is 5.82 Å². The molecule has 0 aliphatic carbocycles. The number of amides is 1.